The van der Waals surface area contributed by atoms with E-state index in [1.54, 1.807) is 51.1 Å². The van der Waals surface area contributed by atoms with Crippen LogP contribution in [0.4, 0.5) is 0 Å². The molecule has 0 saturated heterocycles. The first-order chi connectivity index (χ1) is 10.7. The van der Waals surface area contributed by atoms with Crippen LogP contribution in [0.3, 0.4) is 0 Å². The zero-order valence-corrected chi connectivity index (χ0v) is 14.3. The molecule has 124 valence electrons. The number of nitrogens with one attached hydrogen (secondary N) is 1. The van der Waals surface area contributed by atoms with Gasteiger partial charge in [-0.2, -0.15) is 0 Å². The Hall–Kier alpha value is -2.08. The van der Waals surface area contributed by atoms with Crippen LogP contribution in [-0.4, -0.2) is 20.9 Å². The number of sulfone groups is 1. The molecule has 0 aliphatic carbocycles. The van der Waals surface area contributed by atoms with Crippen LogP contribution in [0.2, 0.25) is 0 Å². The van der Waals surface area contributed by atoms with Crippen LogP contribution in [0, 0.1) is 5.41 Å². The topological polar surface area (TPSA) is 76.4 Å². The first-order valence-electron chi connectivity index (χ1n) is 7.33. The van der Waals surface area contributed by atoms with Crippen molar-refractivity contribution in [3.05, 3.63) is 54.5 Å². The van der Waals surface area contributed by atoms with Gasteiger partial charge < -0.3 is 9.73 Å². The monoisotopic (exact) mass is 335 g/mol. The van der Waals surface area contributed by atoms with Gasteiger partial charge in [0, 0.05) is 12.0 Å². The number of amides is 1. The molecule has 6 heteroatoms. The minimum Gasteiger partial charge on any atom is -0.468 e. The second-order valence-electron chi connectivity index (χ2n) is 6.32. The minimum absolute atomic E-state index is 0.0408. The maximum absolute atomic E-state index is 12.9. The maximum Gasteiger partial charge on any atom is 0.225 e. The van der Waals surface area contributed by atoms with Gasteiger partial charge in [-0.3, -0.25) is 4.79 Å². The van der Waals surface area contributed by atoms with Crippen molar-refractivity contribution >= 4 is 15.7 Å². The molecule has 2 rings (SSSR count). The summed E-state index contributed by atoms with van der Waals surface area (Å²) >= 11 is 0. The summed E-state index contributed by atoms with van der Waals surface area (Å²) in [7, 11) is -3.67. The van der Waals surface area contributed by atoms with Gasteiger partial charge in [-0.25, -0.2) is 8.42 Å². The Kier molecular flexibility index (Phi) is 4.94. The number of rotatable bonds is 5. The van der Waals surface area contributed by atoms with Crippen LogP contribution < -0.4 is 5.32 Å². The number of furan rings is 1. The highest BCUT2D eigenvalue weighted by atomic mass is 32.2. The predicted molar refractivity (Wildman–Crippen MR) is 87.5 cm³/mol. The number of carbonyl (C=O) groups excluding carboxylic acids is 1. The van der Waals surface area contributed by atoms with Gasteiger partial charge in [-0.15, -0.1) is 0 Å². The van der Waals surface area contributed by atoms with Crippen molar-refractivity contribution in [2.75, 3.05) is 6.54 Å². The van der Waals surface area contributed by atoms with Gasteiger partial charge in [0.25, 0.3) is 0 Å². The highest BCUT2D eigenvalue weighted by molar-refractivity contribution is 7.91. The summed E-state index contributed by atoms with van der Waals surface area (Å²) in [5, 5.41) is 1.74. The molecule has 0 aliphatic heterocycles. The van der Waals surface area contributed by atoms with E-state index in [4.69, 9.17) is 4.42 Å². The standard InChI is InChI=1S/C17H21NO4S/c1-17(2,3)16(19)18-12-15(14-10-7-11-22-14)23(20,21)13-8-5-4-6-9-13/h4-11,15H,12H2,1-3H3,(H,18,19)/t15-/m1/s1. The fraction of sp³-hybridized carbons (Fsp3) is 0.353. The zero-order valence-electron chi connectivity index (χ0n) is 13.4. The number of benzene rings is 1. The van der Waals surface area contributed by atoms with Crippen LogP contribution in [0.25, 0.3) is 0 Å². The quantitative estimate of drug-likeness (QED) is 0.911. The Morgan fingerprint density at radius 3 is 2.30 bits per heavy atom. The fourth-order valence-corrected chi connectivity index (χ4v) is 3.67. The summed E-state index contributed by atoms with van der Waals surface area (Å²) in [5.74, 6) is 0.0976. The molecule has 1 atom stereocenters. The third-order valence-electron chi connectivity index (χ3n) is 3.44. The average molecular weight is 335 g/mol. The van der Waals surface area contributed by atoms with Gasteiger partial charge in [0.1, 0.15) is 11.0 Å². The van der Waals surface area contributed by atoms with Crippen molar-refractivity contribution in [1.29, 1.82) is 0 Å². The first kappa shape index (κ1) is 17.3. The van der Waals surface area contributed by atoms with Crippen molar-refractivity contribution in [2.45, 2.75) is 30.9 Å². The molecule has 1 aromatic carbocycles. The number of carbonyl (C=O) groups is 1. The van der Waals surface area contributed by atoms with E-state index in [9.17, 15) is 13.2 Å². The Morgan fingerprint density at radius 2 is 1.78 bits per heavy atom. The molecule has 1 aromatic heterocycles. The lowest BCUT2D eigenvalue weighted by Gasteiger charge is -2.21. The summed E-state index contributed by atoms with van der Waals surface area (Å²) in [4.78, 5) is 12.3. The Labute approximate surface area is 136 Å². The second kappa shape index (κ2) is 6.58. The van der Waals surface area contributed by atoms with Crippen molar-refractivity contribution < 1.29 is 17.6 Å². The third-order valence-corrected chi connectivity index (χ3v) is 5.51. The summed E-state index contributed by atoms with van der Waals surface area (Å²) in [5.41, 5.74) is -0.593. The SMILES string of the molecule is CC(C)(C)C(=O)NC[C@H](c1ccco1)S(=O)(=O)c1ccccc1. The molecule has 2 aromatic rings. The molecule has 1 heterocycles. The number of hydrogen-bond donors (Lipinski definition) is 1. The molecule has 0 bridgehead atoms. The predicted octanol–water partition coefficient (Wildman–Crippen LogP) is 2.96. The van der Waals surface area contributed by atoms with Crippen molar-refractivity contribution in [2.24, 2.45) is 5.41 Å². The molecule has 0 fully saturated rings. The molecule has 1 amide bonds. The van der Waals surface area contributed by atoms with E-state index in [1.807, 2.05) is 0 Å². The molecule has 23 heavy (non-hydrogen) atoms. The lowest BCUT2D eigenvalue weighted by molar-refractivity contribution is -0.128. The van der Waals surface area contributed by atoms with E-state index in [1.165, 1.54) is 18.4 Å². The fourth-order valence-electron chi connectivity index (χ4n) is 2.06. The smallest absolute Gasteiger partial charge is 0.225 e. The first-order valence-corrected chi connectivity index (χ1v) is 8.88. The normalized spacial score (nSPS) is 13.5. The van der Waals surface area contributed by atoms with Gasteiger partial charge in [-0.1, -0.05) is 39.0 Å². The largest absolute Gasteiger partial charge is 0.468 e. The lowest BCUT2D eigenvalue weighted by Crippen LogP contribution is -2.38. The summed E-state index contributed by atoms with van der Waals surface area (Å²) in [6.45, 7) is 5.28. The highest BCUT2D eigenvalue weighted by Gasteiger charge is 2.33. The molecular formula is C17H21NO4S. The molecule has 0 radical (unpaired) electrons. The van der Waals surface area contributed by atoms with Crippen LogP contribution in [0.5, 0.6) is 0 Å². The molecule has 0 spiro atoms. The molecule has 1 N–H and O–H groups in total. The van der Waals surface area contributed by atoms with Crippen molar-refractivity contribution in [3.8, 4) is 0 Å². The maximum atomic E-state index is 12.9. The van der Waals surface area contributed by atoms with Crippen molar-refractivity contribution in [1.82, 2.24) is 5.32 Å². The van der Waals surface area contributed by atoms with E-state index in [-0.39, 0.29) is 17.3 Å². The summed E-state index contributed by atoms with van der Waals surface area (Å²) in [6.07, 6.45) is 1.43. The third kappa shape index (κ3) is 4.01. The van der Waals surface area contributed by atoms with Gasteiger partial charge in [0.2, 0.25) is 5.91 Å². The summed E-state index contributed by atoms with van der Waals surface area (Å²) in [6, 6.07) is 11.4. The Bertz CT molecular complexity index is 744. The molecular weight excluding hydrogens is 314 g/mol. The summed E-state index contributed by atoms with van der Waals surface area (Å²) < 4.78 is 31.1. The molecule has 0 aliphatic rings. The zero-order chi connectivity index (χ0) is 17.1. The van der Waals surface area contributed by atoms with E-state index < -0.39 is 20.5 Å². The van der Waals surface area contributed by atoms with E-state index >= 15 is 0 Å². The molecule has 0 saturated carbocycles. The van der Waals surface area contributed by atoms with Crippen molar-refractivity contribution in [3.63, 3.8) is 0 Å². The Morgan fingerprint density at radius 1 is 1.13 bits per heavy atom. The van der Waals surface area contributed by atoms with E-state index in [2.05, 4.69) is 5.32 Å². The highest BCUT2D eigenvalue weighted by Crippen LogP contribution is 2.29. The van der Waals surface area contributed by atoms with Gasteiger partial charge in [0.05, 0.1) is 11.2 Å². The molecule has 5 nitrogen and oxygen atoms in total. The lowest BCUT2D eigenvalue weighted by atomic mass is 9.96. The van der Waals surface area contributed by atoms with Crippen LogP contribution in [0.15, 0.2) is 58.0 Å². The van der Waals surface area contributed by atoms with Crippen LogP contribution >= 0.6 is 0 Å². The van der Waals surface area contributed by atoms with E-state index in [0.717, 1.165) is 0 Å². The van der Waals surface area contributed by atoms with Gasteiger partial charge >= 0.3 is 0 Å². The molecule has 0 unspecified atom stereocenters. The van der Waals surface area contributed by atoms with Gasteiger partial charge in [-0.05, 0) is 24.3 Å². The van der Waals surface area contributed by atoms with E-state index in [0.29, 0.717) is 5.76 Å². The van der Waals surface area contributed by atoms with Crippen LogP contribution in [-0.2, 0) is 14.6 Å². The minimum atomic E-state index is -3.67. The average Bonchev–Trinajstić information content (AvgIpc) is 3.01. The Balaban J connectivity index is 2.31. The second-order valence-corrected chi connectivity index (χ2v) is 8.45. The van der Waals surface area contributed by atoms with Gasteiger partial charge in [0.15, 0.2) is 9.84 Å². The number of hydrogen-bond acceptors (Lipinski definition) is 4. The van der Waals surface area contributed by atoms with Crippen LogP contribution in [0.1, 0.15) is 31.8 Å².